The first-order valence-electron chi connectivity index (χ1n) is 9.06. The zero-order valence-electron chi connectivity index (χ0n) is 15.4. The molecule has 2 aromatic carbocycles. The van der Waals surface area contributed by atoms with Gasteiger partial charge in [-0.3, -0.25) is 19.8 Å². The maximum Gasteiger partial charge on any atom is 0.278 e. The molecular formula is C22H17N3O3S. The van der Waals surface area contributed by atoms with Gasteiger partial charge in [-0.2, -0.15) is 0 Å². The molecule has 0 N–H and O–H groups in total. The van der Waals surface area contributed by atoms with Gasteiger partial charge in [0.05, 0.1) is 4.92 Å². The minimum absolute atomic E-state index is 0.0101. The summed E-state index contributed by atoms with van der Waals surface area (Å²) in [6.07, 6.45) is 2.42. The number of aliphatic imine (C=N–C) groups is 1. The summed E-state index contributed by atoms with van der Waals surface area (Å²) < 4.78 is 0. The minimum atomic E-state index is -0.449. The molecule has 0 atom stereocenters. The lowest BCUT2D eigenvalue weighted by molar-refractivity contribution is -0.384. The zero-order valence-corrected chi connectivity index (χ0v) is 16.2. The van der Waals surface area contributed by atoms with Crippen LogP contribution in [0.2, 0.25) is 0 Å². The Morgan fingerprint density at radius 2 is 1.79 bits per heavy atom. The lowest BCUT2D eigenvalue weighted by Crippen LogP contribution is -2.34. The third kappa shape index (κ3) is 4.14. The van der Waals surface area contributed by atoms with Crippen molar-refractivity contribution >= 4 is 34.8 Å². The number of non-ortho nitro benzene ring substituents is 1. The fraction of sp³-hybridized carbons (Fsp3) is 0.0909. The summed E-state index contributed by atoms with van der Waals surface area (Å²) in [7, 11) is 0. The molecule has 29 heavy (non-hydrogen) atoms. The quantitative estimate of drug-likeness (QED) is 0.345. The second-order valence-electron chi connectivity index (χ2n) is 6.47. The van der Waals surface area contributed by atoms with Crippen molar-refractivity contribution in [1.82, 2.24) is 4.90 Å². The molecule has 0 spiro atoms. The van der Waals surface area contributed by atoms with Crippen molar-refractivity contribution in [2.24, 2.45) is 4.99 Å². The number of thiophene rings is 1. The number of carbonyl (C=O) groups is 1. The van der Waals surface area contributed by atoms with Gasteiger partial charge >= 0.3 is 0 Å². The molecule has 1 aliphatic heterocycles. The molecule has 0 aliphatic carbocycles. The van der Waals surface area contributed by atoms with Crippen LogP contribution in [0.1, 0.15) is 16.0 Å². The first-order valence-corrected chi connectivity index (χ1v) is 9.94. The first kappa shape index (κ1) is 18.8. The number of benzene rings is 2. The van der Waals surface area contributed by atoms with Crippen LogP contribution in [0.25, 0.3) is 6.08 Å². The standard InChI is InChI=1S/C22H17N3O3S/c26-22-20(15-16-8-10-18(11-9-16)25(27)28)23-21(17-5-2-1-3-6-17)24(22)13-12-19-7-4-14-29-19/h1-11,14-15H,12-13H2/b20-15+. The maximum absolute atomic E-state index is 13.1. The summed E-state index contributed by atoms with van der Waals surface area (Å²) in [6.45, 7) is 0.532. The minimum Gasteiger partial charge on any atom is -0.290 e. The summed E-state index contributed by atoms with van der Waals surface area (Å²) in [6, 6.07) is 19.7. The van der Waals surface area contributed by atoms with Crippen molar-refractivity contribution in [1.29, 1.82) is 0 Å². The van der Waals surface area contributed by atoms with E-state index in [0.717, 1.165) is 12.0 Å². The van der Waals surface area contributed by atoms with Crippen LogP contribution in [0, 0.1) is 10.1 Å². The third-order valence-corrected chi connectivity index (χ3v) is 5.48. The number of nitrogens with zero attached hydrogens (tertiary/aromatic N) is 3. The summed E-state index contributed by atoms with van der Waals surface area (Å²) in [5, 5.41) is 12.9. The van der Waals surface area contributed by atoms with Crippen molar-refractivity contribution in [3.63, 3.8) is 0 Å². The van der Waals surface area contributed by atoms with Crippen molar-refractivity contribution in [2.75, 3.05) is 6.54 Å². The molecule has 1 amide bonds. The zero-order chi connectivity index (χ0) is 20.2. The Morgan fingerprint density at radius 3 is 2.45 bits per heavy atom. The molecule has 1 aromatic heterocycles. The van der Waals surface area contributed by atoms with Gasteiger partial charge in [0.25, 0.3) is 11.6 Å². The molecule has 4 rings (SSSR count). The van der Waals surface area contributed by atoms with E-state index >= 15 is 0 Å². The molecule has 0 bridgehead atoms. The van der Waals surface area contributed by atoms with E-state index in [1.165, 1.54) is 17.0 Å². The van der Waals surface area contributed by atoms with Crippen LogP contribution >= 0.6 is 11.3 Å². The fourth-order valence-electron chi connectivity index (χ4n) is 3.09. The van der Waals surface area contributed by atoms with Crippen molar-refractivity contribution in [3.8, 4) is 0 Å². The van der Waals surface area contributed by atoms with E-state index < -0.39 is 4.92 Å². The lowest BCUT2D eigenvalue weighted by atomic mass is 10.1. The van der Waals surface area contributed by atoms with E-state index in [1.807, 2.05) is 41.8 Å². The van der Waals surface area contributed by atoms with E-state index in [2.05, 4.69) is 11.1 Å². The Morgan fingerprint density at radius 1 is 1.03 bits per heavy atom. The number of nitro benzene ring substituents is 1. The molecule has 2 heterocycles. The fourth-order valence-corrected chi connectivity index (χ4v) is 3.79. The maximum atomic E-state index is 13.1. The van der Waals surface area contributed by atoms with E-state index in [1.54, 1.807) is 34.4 Å². The third-order valence-electron chi connectivity index (χ3n) is 4.55. The summed E-state index contributed by atoms with van der Waals surface area (Å²) in [5.41, 5.74) is 1.90. The summed E-state index contributed by atoms with van der Waals surface area (Å²) in [4.78, 5) is 31.0. The average Bonchev–Trinajstić information content (AvgIpc) is 3.36. The Kier molecular flexibility index (Phi) is 5.31. The number of hydrogen-bond acceptors (Lipinski definition) is 5. The topological polar surface area (TPSA) is 75.8 Å². The second-order valence-corrected chi connectivity index (χ2v) is 7.50. The van der Waals surface area contributed by atoms with Crippen LogP contribution in [-0.2, 0) is 11.2 Å². The van der Waals surface area contributed by atoms with E-state index in [9.17, 15) is 14.9 Å². The Balaban J connectivity index is 1.64. The number of carbonyl (C=O) groups excluding carboxylic acids is 1. The predicted molar refractivity (Wildman–Crippen MR) is 114 cm³/mol. The first-order chi connectivity index (χ1) is 14.1. The van der Waals surface area contributed by atoms with Gasteiger partial charge in [-0.15, -0.1) is 11.3 Å². The van der Waals surface area contributed by atoms with Crippen LogP contribution in [-0.4, -0.2) is 28.1 Å². The Labute approximate surface area is 171 Å². The number of amides is 1. The molecule has 0 saturated heterocycles. The van der Waals surface area contributed by atoms with Crippen molar-refractivity contribution in [3.05, 3.63) is 104 Å². The molecular weight excluding hydrogens is 386 g/mol. The van der Waals surface area contributed by atoms with Gasteiger partial charge in [0.2, 0.25) is 0 Å². The largest absolute Gasteiger partial charge is 0.290 e. The lowest BCUT2D eigenvalue weighted by Gasteiger charge is -2.18. The number of rotatable bonds is 6. The van der Waals surface area contributed by atoms with Gasteiger partial charge in [0.1, 0.15) is 11.5 Å². The molecule has 144 valence electrons. The molecule has 7 heteroatoms. The SMILES string of the molecule is O=C1/C(=C\c2ccc([N+](=O)[O-])cc2)N=C(c2ccccc2)N1CCc1cccs1. The molecule has 1 aliphatic rings. The van der Waals surface area contributed by atoms with E-state index in [-0.39, 0.29) is 11.6 Å². The molecule has 0 unspecified atom stereocenters. The van der Waals surface area contributed by atoms with Crippen LogP contribution in [0.15, 0.2) is 82.8 Å². The van der Waals surface area contributed by atoms with Gasteiger partial charge in [-0.05, 0) is 41.6 Å². The molecule has 0 fully saturated rings. The highest BCUT2D eigenvalue weighted by Crippen LogP contribution is 2.24. The van der Waals surface area contributed by atoms with Gasteiger partial charge in [0, 0.05) is 29.1 Å². The van der Waals surface area contributed by atoms with Gasteiger partial charge < -0.3 is 0 Å². The molecule has 3 aromatic rings. The average molecular weight is 403 g/mol. The molecule has 0 radical (unpaired) electrons. The number of hydrogen-bond donors (Lipinski definition) is 0. The number of amidine groups is 1. The van der Waals surface area contributed by atoms with E-state index in [4.69, 9.17) is 0 Å². The van der Waals surface area contributed by atoms with Gasteiger partial charge in [0.15, 0.2) is 0 Å². The Bertz CT molecular complexity index is 1090. The van der Waals surface area contributed by atoms with Gasteiger partial charge in [-0.25, -0.2) is 4.99 Å². The smallest absolute Gasteiger partial charge is 0.278 e. The highest BCUT2D eigenvalue weighted by Gasteiger charge is 2.30. The van der Waals surface area contributed by atoms with Crippen molar-refractivity contribution in [2.45, 2.75) is 6.42 Å². The summed E-state index contributed by atoms with van der Waals surface area (Å²) >= 11 is 1.66. The summed E-state index contributed by atoms with van der Waals surface area (Å²) in [5.74, 6) is 0.457. The number of nitro groups is 1. The highest BCUT2D eigenvalue weighted by molar-refractivity contribution is 7.09. The van der Waals surface area contributed by atoms with Crippen LogP contribution in [0.5, 0.6) is 0 Å². The molecule has 6 nitrogen and oxygen atoms in total. The predicted octanol–water partition coefficient (Wildman–Crippen LogP) is 4.53. The monoisotopic (exact) mass is 403 g/mol. The normalized spacial score (nSPS) is 15.0. The van der Waals surface area contributed by atoms with E-state index in [0.29, 0.717) is 23.6 Å². The molecule has 0 saturated carbocycles. The van der Waals surface area contributed by atoms with Crippen molar-refractivity contribution < 1.29 is 9.72 Å². The second kappa shape index (κ2) is 8.20. The highest BCUT2D eigenvalue weighted by atomic mass is 32.1. The van der Waals surface area contributed by atoms with Crippen LogP contribution in [0.3, 0.4) is 0 Å². The van der Waals surface area contributed by atoms with Crippen LogP contribution < -0.4 is 0 Å². The Hall–Kier alpha value is -3.58. The van der Waals surface area contributed by atoms with Crippen LogP contribution in [0.4, 0.5) is 5.69 Å². The van der Waals surface area contributed by atoms with Gasteiger partial charge in [-0.1, -0.05) is 36.4 Å².